The van der Waals surface area contributed by atoms with Gasteiger partial charge in [0, 0.05) is 5.69 Å². The third kappa shape index (κ3) is 2.65. The molecule has 0 saturated carbocycles. The van der Waals surface area contributed by atoms with Crippen molar-refractivity contribution in [2.45, 2.75) is 13.8 Å². The lowest BCUT2D eigenvalue weighted by Crippen LogP contribution is -2.10. The fourth-order valence-electron chi connectivity index (χ4n) is 1.02. The van der Waals surface area contributed by atoms with E-state index in [1.54, 1.807) is 25.1 Å². The van der Waals surface area contributed by atoms with Crippen LogP contribution in [0.15, 0.2) is 18.2 Å². The van der Waals surface area contributed by atoms with Crippen LogP contribution in [0.4, 0.5) is 10.5 Å². The number of carbonyl (C=O) groups excluding carboxylic acids is 1. The Bertz CT molecular complexity index is 336. The quantitative estimate of drug-likeness (QED) is 0.446. The number of carbonyl (C=O) groups is 1. The van der Waals surface area contributed by atoms with E-state index in [2.05, 4.69) is 4.74 Å². The molecule has 4 nitrogen and oxygen atoms in total. The van der Waals surface area contributed by atoms with Gasteiger partial charge in [0.05, 0.1) is 6.61 Å². The standard InChI is InChI=1S/C10H13NO3/c1-3-13-10(12)14-9-5-4-8(11)6-7(9)2/h4-6H,3,11H2,1-2H3. The Labute approximate surface area is 82.6 Å². The molecular formula is C10H13NO3. The molecule has 0 aliphatic carbocycles. The molecule has 0 atom stereocenters. The van der Waals surface area contributed by atoms with E-state index in [0.29, 0.717) is 18.0 Å². The van der Waals surface area contributed by atoms with E-state index in [4.69, 9.17) is 10.5 Å². The molecule has 0 radical (unpaired) electrons. The van der Waals surface area contributed by atoms with Crippen LogP contribution >= 0.6 is 0 Å². The third-order valence-electron chi connectivity index (χ3n) is 1.65. The Morgan fingerprint density at radius 1 is 1.50 bits per heavy atom. The zero-order chi connectivity index (χ0) is 10.6. The highest BCUT2D eigenvalue weighted by atomic mass is 16.7. The summed E-state index contributed by atoms with van der Waals surface area (Å²) in [5.74, 6) is 0.470. The molecule has 2 N–H and O–H groups in total. The highest BCUT2D eigenvalue weighted by molar-refractivity contribution is 5.65. The Kier molecular flexibility index (Phi) is 3.34. The summed E-state index contributed by atoms with van der Waals surface area (Å²) in [5, 5.41) is 0. The number of nitrogen functional groups attached to an aromatic ring is 1. The van der Waals surface area contributed by atoms with Crippen molar-refractivity contribution in [1.82, 2.24) is 0 Å². The van der Waals surface area contributed by atoms with Crippen molar-refractivity contribution in [3.05, 3.63) is 23.8 Å². The van der Waals surface area contributed by atoms with Crippen LogP contribution in [0.2, 0.25) is 0 Å². The Hall–Kier alpha value is -1.71. The first-order chi connectivity index (χ1) is 6.63. The number of hydrogen-bond donors (Lipinski definition) is 1. The van der Waals surface area contributed by atoms with Crippen molar-refractivity contribution in [2.75, 3.05) is 12.3 Å². The van der Waals surface area contributed by atoms with Gasteiger partial charge in [-0.2, -0.15) is 0 Å². The summed E-state index contributed by atoms with van der Waals surface area (Å²) in [6.07, 6.45) is -0.694. The van der Waals surface area contributed by atoms with E-state index in [1.165, 1.54) is 0 Å². The van der Waals surface area contributed by atoms with Crippen molar-refractivity contribution in [1.29, 1.82) is 0 Å². The smallest absolute Gasteiger partial charge is 0.434 e. The lowest BCUT2D eigenvalue weighted by atomic mass is 10.2. The van der Waals surface area contributed by atoms with Gasteiger partial charge in [-0.1, -0.05) is 0 Å². The maximum Gasteiger partial charge on any atom is 0.513 e. The number of rotatable bonds is 2. The molecule has 0 saturated heterocycles. The van der Waals surface area contributed by atoms with E-state index < -0.39 is 6.16 Å². The monoisotopic (exact) mass is 195 g/mol. The summed E-state index contributed by atoms with van der Waals surface area (Å²) in [6, 6.07) is 5.04. The van der Waals surface area contributed by atoms with Gasteiger partial charge in [0.15, 0.2) is 0 Å². The van der Waals surface area contributed by atoms with E-state index in [-0.39, 0.29) is 0 Å². The van der Waals surface area contributed by atoms with Gasteiger partial charge in [-0.25, -0.2) is 4.79 Å². The molecule has 1 aromatic carbocycles. The minimum absolute atomic E-state index is 0.298. The number of hydrogen-bond acceptors (Lipinski definition) is 4. The van der Waals surface area contributed by atoms with Gasteiger partial charge < -0.3 is 15.2 Å². The second-order valence-electron chi connectivity index (χ2n) is 2.81. The maximum absolute atomic E-state index is 11.0. The van der Waals surface area contributed by atoms with Gasteiger partial charge in [0.25, 0.3) is 0 Å². The molecule has 14 heavy (non-hydrogen) atoms. The van der Waals surface area contributed by atoms with Crippen molar-refractivity contribution in [3.8, 4) is 5.75 Å². The summed E-state index contributed by atoms with van der Waals surface area (Å²) >= 11 is 0. The fraction of sp³-hybridized carbons (Fsp3) is 0.300. The van der Waals surface area contributed by atoms with Gasteiger partial charge in [-0.05, 0) is 37.6 Å². The van der Waals surface area contributed by atoms with E-state index in [0.717, 1.165) is 5.56 Å². The first-order valence-electron chi connectivity index (χ1n) is 4.34. The van der Waals surface area contributed by atoms with E-state index in [9.17, 15) is 4.79 Å². The SMILES string of the molecule is CCOC(=O)Oc1ccc(N)cc1C. The van der Waals surface area contributed by atoms with Crippen LogP contribution in [0.3, 0.4) is 0 Å². The summed E-state index contributed by atoms with van der Waals surface area (Å²) in [6.45, 7) is 3.83. The molecule has 4 heteroatoms. The number of aryl methyl sites for hydroxylation is 1. The normalized spacial score (nSPS) is 9.57. The van der Waals surface area contributed by atoms with Crippen LogP contribution in [0.5, 0.6) is 5.75 Å². The molecule has 1 aromatic rings. The van der Waals surface area contributed by atoms with Crippen molar-refractivity contribution in [3.63, 3.8) is 0 Å². The van der Waals surface area contributed by atoms with Crippen LogP contribution in [0, 0.1) is 6.92 Å². The Morgan fingerprint density at radius 2 is 2.21 bits per heavy atom. The van der Waals surface area contributed by atoms with Crippen LogP contribution in [0.25, 0.3) is 0 Å². The predicted molar refractivity (Wildman–Crippen MR) is 53.2 cm³/mol. The van der Waals surface area contributed by atoms with Crippen molar-refractivity contribution < 1.29 is 14.3 Å². The topological polar surface area (TPSA) is 61.5 Å². The third-order valence-corrected chi connectivity index (χ3v) is 1.65. The molecule has 0 bridgehead atoms. The summed E-state index contributed by atoms with van der Waals surface area (Å²) in [4.78, 5) is 11.0. The highest BCUT2D eigenvalue weighted by Gasteiger charge is 2.06. The first-order valence-corrected chi connectivity index (χ1v) is 4.34. The molecule has 0 aliphatic rings. The lowest BCUT2D eigenvalue weighted by Gasteiger charge is -2.07. The number of anilines is 1. The second kappa shape index (κ2) is 4.50. The number of ether oxygens (including phenoxy) is 2. The maximum atomic E-state index is 11.0. The Morgan fingerprint density at radius 3 is 2.79 bits per heavy atom. The van der Waals surface area contributed by atoms with Gasteiger partial charge in [0.1, 0.15) is 5.75 Å². The fourth-order valence-corrected chi connectivity index (χ4v) is 1.02. The molecule has 0 aliphatic heterocycles. The molecule has 76 valence electrons. The molecule has 0 unspecified atom stereocenters. The minimum atomic E-state index is -0.694. The first kappa shape index (κ1) is 10.4. The van der Waals surface area contributed by atoms with Crippen LogP contribution in [-0.2, 0) is 4.74 Å². The summed E-state index contributed by atoms with van der Waals surface area (Å²) < 4.78 is 9.56. The summed E-state index contributed by atoms with van der Waals surface area (Å²) in [7, 11) is 0. The van der Waals surface area contributed by atoms with Gasteiger partial charge in [-0.3, -0.25) is 0 Å². The van der Waals surface area contributed by atoms with Crippen molar-refractivity contribution in [2.24, 2.45) is 0 Å². The molecule has 0 spiro atoms. The molecule has 1 rings (SSSR count). The average molecular weight is 195 g/mol. The zero-order valence-corrected chi connectivity index (χ0v) is 8.24. The van der Waals surface area contributed by atoms with Gasteiger partial charge >= 0.3 is 6.16 Å². The summed E-state index contributed by atoms with van der Waals surface area (Å²) in [5.41, 5.74) is 6.99. The number of benzene rings is 1. The molecular weight excluding hydrogens is 182 g/mol. The highest BCUT2D eigenvalue weighted by Crippen LogP contribution is 2.20. The molecule has 0 amide bonds. The average Bonchev–Trinajstić information content (AvgIpc) is 2.10. The van der Waals surface area contributed by atoms with Crippen LogP contribution < -0.4 is 10.5 Å². The predicted octanol–water partition coefficient (Wildman–Crippen LogP) is 2.11. The van der Waals surface area contributed by atoms with E-state index in [1.807, 2.05) is 6.92 Å². The molecule has 0 fully saturated rings. The molecule has 0 heterocycles. The number of nitrogens with two attached hydrogens (primary N) is 1. The largest absolute Gasteiger partial charge is 0.513 e. The molecule has 0 aromatic heterocycles. The zero-order valence-electron chi connectivity index (χ0n) is 8.24. The Balaban J connectivity index is 2.72. The minimum Gasteiger partial charge on any atom is -0.434 e. The second-order valence-corrected chi connectivity index (χ2v) is 2.81. The van der Waals surface area contributed by atoms with Gasteiger partial charge in [0.2, 0.25) is 0 Å². The van der Waals surface area contributed by atoms with E-state index >= 15 is 0 Å². The van der Waals surface area contributed by atoms with Crippen molar-refractivity contribution >= 4 is 11.8 Å². The van der Waals surface area contributed by atoms with Crippen LogP contribution in [-0.4, -0.2) is 12.8 Å². The lowest BCUT2D eigenvalue weighted by molar-refractivity contribution is 0.104. The van der Waals surface area contributed by atoms with Gasteiger partial charge in [-0.15, -0.1) is 0 Å². The van der Waals surface area contributed by atoms with Crippen LogP contribution in [0.1, 0.15) is 12.5 Å².